The molecule has 2 amide bonds. The van der Waals surface area contributed by atoms with Crippen molar-refractivity contribution in [1.82, 2.24) is 4.90 Å². The maximum Gasteiger partial charge on any atom is 0.246 e. The average molecular weight is 262 g/mol. The van der Waals surface area contributed by atoms with Gasteiger partial charge in [0.15, 0.2) is 0 Å². The minimum atomic E-state index is -0.0940. The van der Waals surface area contributed by atoms with Gasteiger partial charge in [0, 0.05) is 31.8 Å². The Bertz CT molecular complexity index is 487. The van der Waals surface area contributed by atoms with Crippen LogP contribution in [0.25, 0.3) is 0 Å². The molecule has 102 valence electrons. The number of hydrogen-bond donors (Lipinski definition) is 0. The Labute approximate surface area is 112 Å². The predicted molar refractivity (Wildman–Crippen MR) is 72.2 cm³/mol. The lowest BCUT2D eigenvalue weighted by molar-refractivity contribution is -0.132. The summed E-state index contributed by atoms with van der Waals surface area (Å²) in [6.45, 7) is 0.822. The van der Waals surface area contributed by atoms with Gasteiger partial charge in [-0.05, 0) is 18.6 Å². The van der Waals surface area contributed by atoms with Gasteiger partial charge in [-0.3, -0.25) is 9.59 Å². The molecule has 1 aliphatic rings. The SMILES string of the molecule is COc1cccc(N(C)C(=O)CN2CCCC2=O)c1. The number of hydrogen-bond acceptors (Lipinski definition) is 3. The summed E-state index contributed by atoms with van der Waals surface area (Å²) in [6, 6.07) is 7.29. The van der Waals surface area contributed by atoms with Gasteiger partial charge in [-0.2, -0.15) is 0 Å². The van der Waals surface area contributed by atoms with Gasteiger partial charge >= 0.3 is 0 Å². The number of carbonyl (C=O) groups excluding carboxylic acids is 2. The van der Waals surface area contributed by atoms with Crippen molar-refractivity contribution in [1.29, 1.82) is 0 Å². The number of anilines is 1. The van der Waals surface area contributed by atoms with Crippen LogP contribution in [0, 0.1) is 0 Å². The Morgan fingerprint density at radius 2 is 2.26 bits per heavy atom. The van der Waals surface area contributed by atoms with Crippen LogP contribution in [0.1, 0.15) is 12.8 Å². The summed E-state index contributed by atoms with van der Waals surface area (Å²) < 4.78 is 5.13. The number of carbonyl (C=O) groups is 2. The molecule has 0 atom stereocenters. The molecule has 1 aromatic carbocycles. The van der Waals surface area contributed by atoms with E-state index in [0.29, 0.717) is 18.7 Å². The van der Waals surface area contributed by atoms with Crippen LogP contribution in [-0.2, 0) is 9.59 Å². The van der Waals surface area contributed by atoms with Gasteiger partial charge in [-0.1, -0.05) is 6.07 Å². The minimum absolute atomic E-state index is 0.0624. The summed E-state index contributed by atoms with van der Waals surface area (Å²) in [7, 11) is 3.29. The first-order valence-electron chi connectivity index (χ1n) is 6.30. The van der Waals surface area contributed by atoms with Gasteiger partial charge in [0.25, 0.3) is 0 Å². The van der Waals surface area contributed by atoms with Gasteiger partial charge in [0.1, 0.15) is 12.3 Å². The average Bonchev–Trinajstić information content (AvgIpc) is 2.83. The topological polar surface area (TPSA) is 49.9 Å². The third-order valence-corrected chi connectivity index (χ3v) is 3.31. The molecule has 0 N–H and O–H groups in total. The van der Waals surface area contributed by atoms with E-state index < -0.39 is 0 Å². The molecule has 0 aromatic heterocycles. The fourth-order valence-electron chi connectivity index (χ4n) is 2.10. The first kappa shape index (κ1) is 13.4. The largest absolute Gasteiger partial charge is 0.497 e. The van der Waals surface area contributed by atoms with Crippen molar-refractivity contribution in [3.05, 3.63) is 24.3 Å². The zero-order valence-electron chi connectivity index (χ0n) is 11.3. The van der Waals surface area contributed by atoms with E-state index in [1.165, 1.54) is 0 Å². The summed E-state index contributed by atoms with van der Waals surface area (Å²) in [6.07, 6.45) is 1.39. The van der Waals surface area contributed by atoms with Crippen molar-refractivity contribution < 1.29 is 14.3 Å². The first-order chi connectivity index (χ1) is 9.11. The van der Waals surface area contributed by atoms with Crippen molar-refractivity contribution in [2.24, 2.45) is 0 Å². The highest BCUT2D eigenvalue weighted by Gasteiger charge is 2.24. The van der Waals surface area contributed by atoms with Crippen LogP contribution in [-0.4, -0.2) is 44.0 Å². The zero-order chi connectivity index (χ0) is 13.8. The van der Waals surface area contributed by atoms with E-state index in [2.05, 4.69) is 0 Å². The Kier molecular flexibility index (Phi) is 4.04. The molecule has 5 heteroatoms. The second kappa shape index (κ2) is 5.73. The van der Waals surface area contributed by atoms with Crippen molar-refractivity contribution in [2.75, 3.05) is 32.1 Å². The summed E-state index contributed by atoms with van der Waals surface area (Å²) in [4.78, 5) is 26.8. The summed E-state index contributed by atoms with van der Waals surface area (Å²) in [5.41, 5.74) is 0.760. The lowest BCUT2D eigenvalue weighted by Crippen LogP contribution is -2.39. The van der Waals surface area contributed by atoms with Crippen LogP contribution in [0.15, 0.2) is 24.3 Å². The van der Waals surface area contributed by atoms with E-state index in [4.69, 9.17) is 4.74 Å². The molecule has 19 heavy (non-hydrogen) atoms. The molecule has 0 saturated carbocycles. The molecule has 0 aliphatic carbocycles. The van der Waals surface area contributed by atoms with Crippen LogP contribution >= 0.6 is 0 Å². The fourth-order valence-corrected chi connectivity index (χ4v) is 2.10. The summed E-state index contributed by atoms with van der Waals surface area (Å²) >= 11 is 0. The van der Waals surface area contributed by atoms with Gasteiger partial charge < -0.3 is 14.5 Å². The monoisotopic (exact) mass is 262 g/mol. The van der Waals surface area contributed by atoms with E-state index in [1.807, 2.05) is 18.2 Å². The minimum Gasteiger partial charge on any atom is -0.497 e. The highest BCUT2D eigenvalue weighted by Crippen LogP contribution is 2.20. The van der Waals surface area contributed by atoms with E-state index in [-0.39, 0.29) is 18.4 Å². The standard InChI is InChI=1S/C14H18N2O3/c1-15(11-5-3-6-12(9-11)19-2)14(18)10-16-8-4-7-13(16)17/h3,5-6,9H,4,7-8,10H2,1-2H3. The number of ether oxygens (including phenoxy) is 1. The van der Waals surface area contributed by atoms with Gasteiger partial charge in [0.05, 0.1) is 7.11 Å². The molecule has 0 radical (unpaired) electrons. The predicted octanol–water partition coefficient (Wildman–Crippen LogP) is 1.28. The molecule has 5 nitrogen and oxygen atoms in total. The second-order valence-corrected chi connectivity index (χ2v) is 4.57. The number of likely N-dealkylation sites (N-methyl/N-ethyl adjacent to an activating group) is 1. The van der Waals surface area contributed by atoms with Gasteiger partial charge in [0.2, 0.25) is 11.8 Å². The number of nitrogens with zero attached hydrogens (tertiary/aromatic N) is 2. The number of rotatable bonds is 4. The third kappa shape index (κ3) is 3.05. The highest BCUT2D eigenvalue weighted by molar-refractivity contribution is 5.96. The van der Waals surface area contributed by atoms with Crippen molar-refractivity contribution in [3.8, 4) is 5.75 Å². The van der Waals surface area contributed by atoms with E-state index >= 15 is 0 Å². The van der Waals surface area contributed by atoms with Crippen LogP contribution in [0.2, 0.25) is 0 Å². The smallest absolute Gasteiger partial charge is 0.246 e. The van der Waals surface area contributed by atoms with Gasteiger partial charge in [-0.15, -0.1) is 0 Å². The first-order valence-corrected chi connectivity index (χ1v) is 6.30. The zero-order valence-corrected chi connectivity index (χ0v) is 11.3. The molecule has 1 saturated heterocycles. The molecular formula is C14H18N2O3. The number of benzene rings is 1. The summed E-state index contributed by atoms with van der Waals surface area (Å²) in [5, 5.41) is 0. The number of methoxy groups -OCH3 is 1. The molecule has 2 rings (SSSR count). The molecule has 1 heterocycles. The molecule has 0 unspecified atom stereocenters. The van der Waals surface area contributed by atoms with Gasteiger partial charge in [-0.25, -0.2) is 0 Å². The molecule has 0 bridgehead atoms. The summed E-state index contributed by atoms with van der Waals surface area (Å²) in [5.74, 6) is 0.672. The molecule has 1 aromatic rings. The van der Waals surface area contributed by atoms with Crippen LogP contribution < -0.4 is 9.64 Å². The second-order valence-electron chi connectivity index (χ2n) is 4.57. The van der Waals surface area contributed by atoms with Crippen molar-refractivity contribution in [2.45, 2.75) is 12.8 Å². The van der Waals surface area contributed by atoms with E-state index in [9.17, 15) is 9.59 Å². The Morgan fingerprint density at radius 1 is 1.47 bits per heavy atom. The maximum absolute atomic E-state index is 12.1. The van der Waals surface area contributed by atoms with Crippen molar-refractivity contribution in [3.63, 3.8) is 0 Å². The third-order valence-electron chi connectivity index (χ3n) is 3.31. The lowest BCUT2D eigenvalue weighted by Gasteiger charge is -2.22. The molecule has 1 aliphatic heterocycles. The maximum atomic E-state index is 12.1. The number of amides is 2. The highest BCUT2D eigenvalue weighted by atomic mass is 16.5. The quantitative estimate of drug-likeness (QED) is 0.821. The normalized spacial score (nSPS) is 14.6. The fraction of sp³-hybridized carbons (Fsp3) is 0.429. The van der Waals surface area contributed by atoms with Crippen LogP contribution in [0.5, 0.6) is 5.75 Å². The van der Waals surface area contributed by atoms with E-state index in [1.54, 1.807) is 30.0 Å². The van der Waals surface area contributed by atoms with Crippen LogP contribution in [0.3, 0.4) is 0 Å². The Hall–Kier alpha value is -2.04. The number of likely N-dealkylation sites (tertiary alicyclic amines) is 1. The van der Waals surface area contributed by atoms with Crippen molar-refractivity contribution >= 4 is 17.5 Å². The Morgan fingerprint density at radius 3 is 2.89 bits per heavy atom. The Balaban J connectivity index is 2.03. The molecule has 1 fully saturated rings. The van der Waals surface area contributed by atoms with Crippen LogP contribution in [0.4, 0.5) is 5.69 Å². The molecular weight excluding hydrogens is 244 g/mol. The molecule has 0 spiro atoms. The lowest BCUT2D eigenvalue weighted by atomic mass is 10.2. The van der Waals surface area contributed by atoms with E-state index in [0.717, 1.165) is 12.1 Å².